The minimum atomic E-state index is -0.112. The maximum atomic E-state index is 13.0. The summed E-state index contributed by atoms with van der Waals surface area (Å²) in [7, 11) is 0. The predicted octanol–water partition coefficient (Wildman–Crippen LogP) is 18.7. The highest BCUT2D eigenvalue weighted by molar-refractivity contribution is 5.85. The van der Waals surface area contributed by atoms with Crippen LogP contribution in [0.15, 0.2) is 73.1 Å². The van der Waals surface area contributed by atoms with E-state index < -0.39 is 0 Å². The third kappa shape index (κ3) is 26.1. The Kier molecular flexibility index (Phi) is 33.4. The second-order valence-corrected chi connectivity index (χ2v) is 21.0. The number of para-hydroxylation sites is 2. The van der Waals surface area contributed by atoms with E-state index in [0.29, 0.717) is 24.3 Å². The van der Waals surface area contributed by atoms with Crippen LogP contribution in [0.1, 0.15) is 271 Å². The third-order valence-corrected chi connectivity index (χ3v) is 14.7. The smallest absolute Gasteiger partial charge is 0.311 e. The predicted molar refractivity (Wildman–Crippen MR) is 296 cm³/mol. The molecule has 70 heavy (non-hydrogen) atoms. The average Bonchev–Trinajstić information content (AvgIpc) is 3.37. The first-order valence-electron chi connectivity index (χ1n) is 29.8. The SMILES string of the molecule is CCCCCCCCCCCCCCCCCC(=O)Oc1cccc2ccc[n+](CCCCCCCCCC[n+]3cccc4cccc(OC(=O)CCCCCCCCCCCCCCCCC)c43)c12. The fraction of sp³-hybridized carbons (Fsp3) is 0.688. The average molecular weight is 964 g/mol. The molecule has 0 aliphatic heterocycles. The van der Waals surface area contributed by atoms with Crippen LogP contribution in [0.25, 0.3) is 21.8 Å². The van der Waals surface area contributed by atoms with Crippen molar-refractivity contribution in [3.8, 4) is 11.5 Å². The van der Waals surface area contributed by atoms with E-state index in [2.05, 4.69) is 71.8 Å². The van der Waals surface area contributed by atoms with E-state index in [0.717, 1.165) is 73.4 Å². The highest BCUT2D eigenvalue weighted by Crippen LogP contribution is 2.25. The van der Waals surface area contributed by atoms with Crippen LogP contribution >= 0.6 is 0 Å². The van der Waals surface area contributed by atoms with Crippen LogP contribution in [0.5, 0.6) is 11.5 Å². The van der Waals surface area contributed by atoms with E-state index >= 15 is 0 Å². The molecule has 2 aromatic heterocycles. The summed E-state index contributed by atoms with van der Waals surface area (Å²) in [5.74, 6) is 1.15. The van der Waals surface area contributed by atoms with E-state index in [1.165, 1.54) is 205 Å². The monoisotopic (exact) mass is 963 g/mol. The highest BCUT2D eigenvalue weighted by Gasteiger charge is 2.19. The Balaban J connectivity index is 1.03. The molecule has 0 unspecified atom stereocenters. The van der Waals surface area contributed by atoms with Gasteiger partial charge in [-0.3, -0.25) is 9.59 Å². The molecule has 0 amide bonds. The number of carbonyl (C=O) groups is 2. The number of aromatic nitrogens is 2. The first-order chi connectivity index (χ1) is 34.6. The maximum absolute atomic E-state index is 13.0. The number of nitrogens with zero attached hydrogens (tertiary/aromatic N) is 2. The van der Waals surface area contributed by atoms with Crippen molar-refractivity contribution in [1.82, 2.24) is 0 Å². The number of carbonyl (C=O) groups excluding carboxylic acids is 2. The van der Waals surface area contributed by atoms with Crippen LogP contribution in [0.2, 0.25) is 0 Å². The highest BCUT2D eigenvalue weighted by atomic mass is 16.5. The molecule has 0 aliphatic rings. The van der Waals surface area contributed by atoms with Gasteiger partial charge in [-0.15, -0.1) is 0 Å². The van der Waals surface area contributed by atoms with Gasteiger partial charge in [-0.2, -0.15) is 9.13 Å². The molecule has 390 valence electrons. The lowest BCUT2D eigenvalue weighted by atomic mass is 10.0. The molecule has 4 rings (SSSR count). The lowest BCUT2D eigenvalue weighted by Gasteiger charge is -2.08. The van der Waals surface area contributed by atoms with Crippen LogP contribution in [-0.2, 0) is 22.7 Å². The van der Waals surface area contributed by atoms with Crippen molar-refractivity contribution in [2.24, 2.45) is 0 Å². The zero-order chi connectivity index (χ0) is 49.4. The maximum Gasteiger partial charge on any atom is 0.311 e. The number of rotatable bonds is 45. The van der Waals surface area contributed by atoms with Crippen molar-refractivity contribution >= 4 is 33.7 Å². The van der Waals surface area contributed by atoms with Crippen LogP contribution in [0.3, 0.4) is 0 Å². The van der Waals surface area contributed by atoms with Gasteiger partial charge in [0.1, 0.15) is 13.1 Å². The molecule has 0 bridgehead atoms. The third-order valence-electron chi connectivity index (χ3n) is 14.7. The summed E-state index contributed by atoms with van der Waals surface area (Å²) >= 11 is 0. The topological polar surface area (TPSA) is 60.4 Å². The Morgan fingerprint density at radius 2 is 0.586 bits per heavy atom. The molecule has 0 N–H and O–H groups in total. The molecular formula is C64H102N2O4+2. The van der Waals surface area contributed by atoms with Crippen molar-refractivity contribution in [3.63, 3.8) is 0 Å². The normalized spacial score (nSPS) is 11.5. The minimum absolute atomic E-state index is 0.112. The van der Waals surface area contributed by atoms with Crippen molar-refractivity contribution in [2.75, 3.05) is 0 Å². The molecule has 0 spiro atoms. The lowest BCUT2D eigenvalue weighted by Crippen LogP contribution is -2.34. The molecule has 0 saturated heterocycles. The largest absolute Gasteiger partial charge is 0.419 e. The Labute approximate surface area is 428 Å². The molecule has 0 fully saturated rings. The van der Waals surface area contributed by atoms with Crippen molar-refractivity contribution in [2.45, 2.75) is 284 Å². The molecule has 4 aromatic rings. The summed E-state index contributed by atoms with van der Waals surface area (Å²) in [5.41, 5.74) is 2.05. The fourth-order valence-corrected chi connectivity index (χ4v) is 10.4. The van der Waals surface area contributed by atoms with Gasteiger partial charge in [0.25, 0.3) is 11.0 Å². The standard InChI is InChI=1S/C64H102N2O4/c1-3-5-7-9-11-13-15-17-19-21-23-25-29-33-37-51-61(67)69-59-49-41-45-57-47-43-55-65(63(57)59)53-39-35-31-27-28-32-36-40-54-66-56-44-48-58-46-42-50-60(64(58)66)70-62(68)52-38-34-30-26-24-22-20-18-16-14-12-10-8-6-4-2/h41-50,55-56H,3-40,51-54H2,1-2H3/q+2. The fourth-order valence-electron chi connectivity index (χ4n) is 10.4. The number of esters is 2. The summed E-state index contributed by atoms with van der Waals surface area (Å²) in [6.45, 7) is 6.41. The second-order valence-electron chi connectivity index (χ2n) is 21.0. The van der Waals surface area contributed by atoms with Gasteiger partial charge >= 0.3 is 11.9 Å². The molecule has 2 aromatic carbocycles. The van der Waals surface area contributed by atoms with E-state index in [4.69, 9.17) is 9.47 Å². The number of aryl methyl sites for hydroxylation is 2. The number of hydrogen-bond donors (Lipinski definition) is 0. The van der Waals surface area contributed by atoms with Crippen LogP contribution in [0, 0.1) is 0 Å². The number of pyridine rings is 2. The van der Waals surface area contributed by atoms with Gasteiger partial charge in [-0.25, -0.2) is 0 Å². The molecule has 2 heterocycles. The zero-order valence-corrected chi connectivity index (χ0v) is 45.2. The summed E-state index contributed by atoms with van der Waals surface area (Å²) in [6, 6.07) is 20.6. The van der Waals surface area contributed by atoms with E-state index in [9.17, 15) is 9.59 Å². The van der Waals surface area contributed by atoms with Gasteiger partial charge < -0.3 is 9.47 Å². The van der Waals surface area contributed by atoms with Gasteiger partial charge in [-0.1, -0.05) is 231 Å². The summed E-state index contributed by atoms with van der Waals surface area (Å²) in [4.78, 5) is 25.9. The van der Waals surface area contributed by atoms with Crippen LogP contribution in [0.4, 0.5) is 0 Å². The van der Waals surface area contributed by atoms with E-state index in [1.807, 2.05) is 24.3 Å². The minimum Gasteiger partial charge on any atom is -0.419 e. The number of fused-ring (bicyclic) bond motifs is 2. The van der Waals surface area contributed by atoms with Gasteiger partial charge in [0.05, 0.1) is 10.8 Å². The second kappa shape index (κ2) is 39.8. The Bertz CT molecular complexity index is 1790. The van der Waals surface area contributed by atoms with Crippen LogP contribution in [-0.4, -0.2) is 11.9 Å². The summed E-state index contributed by atoms with van der Waals surface area (Å²) < 4.78 is 16.6. The van der Waals surface area contributed by atoms with Crippen LogP contribution < -0.4 is 18.6 Å². The molecule has 0 aliphatic carbocycles. The summed E-state index contributed by atoms with van der Waals surface area (Å²) in [5, 5.41) is 2.23. The Hall–Kier alpha value is -3.80. The first kappa shape index (κ1) is 58.8. The molecule has 0 radical (unpaired) electrons. The van der Waals surface area contributed by atoms with Crippen molar-refractivity contribution in [1.29, 1.82) is 0 Å². The molecule has 6 heteroatoms. The van der Waals surface area contributed by atoms with Gasteiger partial charge in [0.2, 0.25) is 11.5 Å². The van der Waals surface area contributed by atoms with Gasteiger partial charge in [-0.05, 0) is 62.1 Å². The van der Waals surface area contributed by atoms with Gasteiger partial charge in [0.15, 0.2) is 12.4 Å². The van der Waals surface area contributed by atoms with E-state index in [-0.39, 0.29) is 11.9 Å². The number of ether oxygens (including phenoxy) is 2. The summed E-state index contributed by atoms with van der Waals surface area (Å²) in [6.07, 6.45) is 54.4. The number of hydrogen-bond acceptors (Lipinski definition) is 4. The zero-order valence-electron chi connectivity index (χ0n) is 45.2. The number of unbranched alkanes of at least 4 members (excludes halogenated alkanes) is 35. The Morgan fingerprint density at radius 3 is 0.886 bits per heavy atom. The first-order valence-corrected chi connectivity index (χ1v) is 29.8. The van der Waals surface area contributed by atoms with E-state index in [1.54, 1.807) is 0 Å². The van der Waals surface area contributed by atoms with Gasteiger partial charge in [0, 0.05) is 37.8 Å². The number of benzene rings is 2. The Morgan fingerprint density at radius 1 is 0.329 bits per heavy atom. The quantitative estimate of drug-likeness (QED) is 0.0192. The van der Waals surface area contributed by atoms with Crippen molar-refractivity contribution in [3.05, 3.63) is 73.1 Å². The molecule has 6 nitrogen and oxygen atoms in total. The lowest BCUT2D eigenvalue weighted by molar-refractivity contribution is -0.672. The molecule has 0 atom stereocenters. The van der Waals surface area contributed by atoms with Crippen molar-refractivity contribution < 1.29 is 28.2 Å². The molecule has 0 saturated carbocycles. The molecular weight excluding hydrogens is 861 g/mol.